The Morgan fingerprint density at radius 1 is 0.328 bits per heavy atom. The van der Waals surface area contributed by atoms with E-state index < -0.39 is 47.5 Å². The van der Waals surface area contributed by atoms with Crippen molar-refractivity contribution < 1.29 is 56.4 Å². The van der Waals surface area contributed by atoms with Gasteiger partial charge in [0.2, 0.25) is 0 Å². The van der Waals surface area contributed by atoms with Crippen molar-refractivity contribution in [2.24, 2.45) is 0 Å². The fourth-order valence-electron chi connectivity index (χ4n) is 8.43. The molecule has 4 unspecified atom stereocenters. The van der Waals surface area contributed by atoms with E-state index in [2.05, 4.69) is 19.9 Å². The van der Waals surface area contributed by atoms with Crippen molar-refractivity contribution in [2.45, 2.75) is 23.7 Å². The Bertz CT molecular complexity index is 2430. The van der Waals surface area contributed by atoms with Gasteiger partial charge in [0.05, 0.1) is 46.7 Å². The van der Waals surface area contributed by atoms with E-state index >= 15 is 0 Å². The summed E-state index contributed by atoms with van der Waals surface area (Å²) in [5.41, 5.74) is 9.95. The van der Waals surface area contributed by atoms with Gasteiger partial charge in [-0.1, -0.05) is 72.8 Å². The number of H-pyrrole nitrogens is 4. The first-order valence-electron chi connectivity index (χ1n) is 19.1. The van der Waals surface area contributed by atoms with Crippen LogP contribution >= 0.6 is 0 Å². The molecule has 1 aliphatic rings. The number of carboxylic acids is 4. The third-order valence-corrected chi connectivity index (χ3v) is 11.4. The number of aromatic nitrogens is 4. The molecule has 303 valence electrons. The summed E-state index contributed by atoms with van der Waals surface area (Å²) in [5, 5.41) is 42.9. The summed E-state index contributed by atoms with van der Waals surface area (Å²) in [6.07, 6.45) is 0. The minimum atomic E-state index is -1.29. The van der Waals surface area contributed by atoms with Crippen molar-refractivity contribution in [3.8, 4) is 0 Å². The molecule has 0 saturated heterocycles. The first-order chi connectivity index (χ1) is 29.0. The molecule has 0 amide bonds. The zero-order valence-corrected chi connectivity index (χ0v) is 32.9. The van der Waals surface area contributed by atoms with Crippen LogP contribution in [0.1, 0.15) is 133 Å². The normalized spacial score (nSPS) is 16.9. The Balaban J connectivity index is 0.00000514. The number of rotatable bonds is 8. The van der Waals surface area contributed by atoms with Crippen LogP contribution in [0.4, 0.5) is 0 Å². The van der Waals surface area contributed by atoms with E-state index in [4.69, 9.17) is 0 Å². The van der Waals surface area contributed by atoms with Crippen LogP contribution in [0.2, 0.25) is 0 Å². The van der Waals surface area contributed by atoms with Gasteiger partial charge in [0.25, 0.3) is 0 Å². The summed E-state index contributed by atoms with van der Waals surface area (Å²) in [5.74, 6) is -6.39. The van der Waals surface area contributed by atoms with Crippen LogP contribution in [0.15, 0.2) is 146 Å². The molecular weight excluding hydrogens is 819 g/mol. The van der Waals surface area contributed by atoms with Gasteiger partial charge in [-0.3, -0.25) is 0 Å². The number of fused-ring (bicyclic) bond motifs is 8. The van der Waals surface area contributed by atoms with Crippen LogP contribution in [-0.4, -0.2) is 54.0 Å². The number of aromatic amines is 4. The molecule has 61 heavy (non-hydrogen) atoms. The first kappa shape index (κ1) is 40.2. The maximum absolute atomic E-state index is 11.8. The summed E-state index contributed by atoms with van der Waals surface area (Å²) in [7, 11) is 0. The molecule has 0 aliphatic carbocycles. The number of nitrogens with one attached hydrogen (secondary N) is 4. The largest absolute Gasteiger partial charge is 2.00 e. The molecule has 1 aliphatic heterocycles. The van der Waals surface area contributed by atoms with Gasteiger partial charge in [0, 0.05) is 45.6 Å². The molecule has 0 spiro atoms. The van der Waals surface area contributed by atoms with E-state index in [1.807, 2.05) is 48.5 Å². The Hall–Kier alpha value is -7.61. The monoisotopic (exact) mass is 853 g/mol. The van der Waals surface area contributed by atoms with Gasteiger partial charge in [0.1, 0.15) is 0 Å². The fraction of sp³-hybridized carbons (Fsp3) is 0.0833. The average molecular weight is 854 g/mol. The molecule has 12 nitrogen and oxygen atoms in total. The van der Waals surface area contributed by atoms with Crippen LogP contribution in [0.3, 0.4) is 0 Å². The van der Waals surface area contributed by atoms with Crippen molar-refractivity contribution in [1.82, 2.24) is 19.9 Å². The Kier molecular flexibility index (Phi) is 10.7. The second kappa shape index (κ2) is 16.2. The van der Waals surface area contributed by atoms with E-state index in [1.54, 1.807) is 72.8 Å². The minimum Gasteiger partial charge on any atom is -0.545 e. The van der Waals surface area contributed by atoms with Gasteiger partial charge < -0.3 is 50.0 Å². The molecule has 4 aromatic carbocycles. The summed E-state index contributed by atoms with van der Waals surface area (Å²) in [4.78, 5) is 61.9. The second-order valence-corrected chi connectivity index (χ2v) is 14.9. The van der Waals surface area contributed by atoms with Crippen LogP contribution in [0.5, 0.6) is 0 Å². The molecule has 13 heteroatoms. The standard InChI is InChI=1S/C48H36N4O8.Co/c53-45(54)29-9-1-25(2-10-29)41-33-17-19-35(49-33)42(26-3-11-30(12-4-26)46(55)56)37-21-23-39(51-37)44(28-7-15-32(16-8-28)48(59)60)40-24-22-38(52-40)43(36-20-18-34(41)50-36)27-5-13-31(14-6-27)47(57)58;/h1-24,41-44,49-52H,(H,53,54)(H,55,56)(H,57,58)(H,59,60);/q;+2/p-2. The second-order valence-electron chi connectivity index (χ2n) is 14.9. The maximum atomic E-state index is 11.8. The van der Waals surface area contributed by atoms with Gasteiger partial charge in [-0.05, 0) is 106 Å². The van der Waals surface area contributed by atoms with Gasteiger partial charge in [-0.15, -0.1) is 0 Å². The molecule has 5 heterocycles. The number of hydrogen-bond acceptors (Lipinski definition) is 6. The zero-order chi connectivity index (χ0) is 41.7. The number of carbonyl (C=O) groups excluding carboxylic acids is 2. The predicted octanol–water partition coefficient (Wildman–Crippen LogP) is 6.15. The van der Waals surface area contributed by atoms with Crippen molar-refractivity contribution in [1.29, 1.82) is 0 Å². The van der Waals surface area contributed by atoms with E-state index in [0.717, 1.165) is 67.8 Å². The van der Waals surface area contributed by atoms with Gasteiger partial charge in [0.15, 0.2) is 0 Å². The molecule has 0 fully saturated rings. The third kappa shape index (κ3) is 7.59. The molecule has 4 atom stereocenters. The van der Waals surface area contributed by atoms with Crippen LogP contribution in [0.25, 0.3) is 0 Å². The van der Waals surface area contributed by atoms with E-state index in [-0.39, 0.29) is 39.0 Å². The number of hydrogen-bond donors (Lipinski definition) is 6. The molecule has 9 rings (SSSR count). The van der Waals surface area contributed by atoms with Crippen LogP contribution in [-0.2, 0) is 16.8 Å². The quantitative estimate of drug-likeness (QED) is 0.104. The van der Waals surface area contributed by atoms with Gasteiger partial charge in [-0.25, -0.2) is 9.59 Å². The topological polar surface area (TPSA) is 218 Å². The van der Waals surface area contributed by atoms with Gasteiger partial charge in [-0.2, -0.15) is 0 Å². The number of benzene rings is 4. The Labute approximate surface area is 358 Å². The summed E-state index contributed by atoms with van der Waals surface area (Å²) >= 11 is 0. The summed E-state index contributed by atoms with van der Waals surface area (Å²) in [6.45, 7) is 0. The minimum absolute atomic E-state index is 0. The summed E-state index contributed by atoms with van der Waals surface area (Å²) in [6, 6.07) is 42.4. The van der Waals surface area contributed by atoms with Crippen molar-refractivity contribution in [3.63, 3.8) is 0 Å². The molecule has 8 bridgehead atoms. The van der Waals surface area contributed by atoms with E-state index in [9.17, 15) is 39.6 Å². The van der Waals surface area contributed by atoms with E-state index in [1.165, 1.54) is 24.3 Å². The van der Waals surface area contributed by atoms with Gasteiger partial charge >= 0.3 is 28.7 Å². The molecule has 1 radical (unpaired) electrons. The number of aromatic carboxylic acids is 4. The maximum Gasteiger partial charge on any atom is 2.00 e. The molecule has 0 saturated carbocycles. The zero-order valence-electron chi connectivity index (χ0n) is 31.8. The number of carboxylic acid groups (broad SMARTS) is 4. The smallest absolute Gasteiger partial charge is 0.545 e. The van der Waals surface area contributed by atoms with Crippen LogP contribution in [0, 0.1) is 0 Å². The molecule has 4 aromatic heterocycles. The molecule has 8 aromatic rings. The van der Waals surface area contributed by atoms with Crippen molar-refractivity contribution >= 4 is 23.9 Å². The molecular formula is C48H34CoN4O8. The van der Waals surface area contributed by atoms with Crippen molar-refractivity contribution in [3.05, 3.63) is 236 Å². The average Bonchev–Trinajstić information content (AvgIpc) is 4.10. The third-order valence-electron chi connectivity index (χ3n) is 11.4. The Morgan fingerprint density at radius 2 is 0.508 bits per heavy atom. The summed E-state index contributed by atoms with van der Waals surface area (Å²) < 4.78 is 0. The first-order valence-corrected chi connectivity index (χ1v) is 19.1. The number of carbonyl (C=O) groups is 4. The van der Waals surface area contributed by atoms with E-state index in [0.29, 0.717) is 0 Å². The van der Waals surface area contributed by atoms with Crippen LogP contribution < -0.4 is 10.2 Å². The predicted molar refractivity (Wildman–Crippen MR) is 215 cm³/mol. The molecule has 6 N–H and O–H groups in total. The fourth-order valence-corrected chi connectivity index (χ4v) is 8.43. The Morgan fingerprint density at radius 3 is 0.672 bits per heavy atom. The SMILES string of the molecule is O=C([O-])c1ccc(C2c3ccc([nH]3)C(c3ccc(C(=O)[O-])cc3)c3ccc([nH]3)C(c3ccc(C(=O)O)cc3)c3ccc([nH]3)C(c3ccc(C(=O)O)cc3)c3ccc2[nH]3)cc1.[Co+2]. The van der Waals surface area contributed by atoms with Crippen molar-refractivity contribution in [2.75, 3.05) is 0 Å².